The number of nitrogens with zero attached hydrogens (tertiary/aromatic N) is 1. The van der Waals surface area contributed by atoms with Crippen molar-refractivity contribution in [1.29, 1.82) is 0 Å². The molecule has 1 fully saturated rings. The van der Waals surface area contributed by atoms with Gasteiger partial charge >= 0.3 is 0 Å². The molecule has 2 atom stereocenters. The van der Waals surface area contributed by atoms with Crippen molar-refractivity contribution in [2.24, 2.45) is 0 Å². The number of hydrogen-bond donors (Lipinski definition) is 1. The van der Waals surface area contributed by atoms with Gasteiger partial charge in [0.1, 0.15) is 0 Å². The minimum Gasteiger partial charge on any atom is -0.331 e. The fraction of sp³-hybridized carbons (Fsp3) is 0.500. The normalized spacial score (nSPS) is 24.1. The summed E-state index contributed by atoms with van der Waals surface area (Å²) in [4.78, 5) is 14.5. The van der Waals surface area contributed by atoms with Crippen molar-refractivity contribution in [3.63, 3.8) is 0 Å². The summed E-state index contributed by atoms with van der Waals surface area (Å²) >= 11 is 3.49. The molecule has 1 aliphatic rings. The topological polar surface area (TPSA) is 32.3 Å². The van der Waals surface area contributed by atoms with Crippen molar-refractivity contribution in [3.8, 4) is 0 Å². The minimum absolute atomic E-state index is 0.122. The zero-order valence-electron chi connectivity index (χ0n) is 11.0. The fourth-order valence-corrected chi connectivity index (χ4v) is 2.79. The Bertz CT molecular complexity index is 451. The van der Waals surface area contributed by atoms with E-state index in [1.165, 1.54) is 0 Å². The van der Waals surface area contributed by atoms with Crippen LogP contribution in [0.15, 0.2) is 22.7 Å². The maximum Gasteiger partial charge on any atom is 0.254 e. The monoisotopic (exact) mass is 310 g/mol. The molecule has 1 aliphatic heterocycles. The number of piperazine rings is 1. The van der Waals surface area contributed by atoms with Gasteiger partial charge in [0.25, 0.3) is 5.91 Å². The van der Waals surface area contributed by atoms with E-state index in [-0.39, 0.29) is 18.0 Å². The molecule has 0 aliphatic carbocycles. The predicted octanol–water partition coefficient (Wildman–Crippen LogP) is 2.58. The molecule has 0 bridgehead atoms. The highest BCUT2D eigenvalue weighted by Gasteiger charge is 2.29. The van der Waals surface area contributed by atoms with Crippen molar-refractivity contribution < 1.29 is 4.79 Å². The van der Waals surface area contributed by atoms with Crippen LogP contribution in [-0.4, -0.2) is 36.0 Å². The average molecular weight is 311 g/mol. The van der Waals surface area contributed by atoms with Crippen LogP contribution >= 0.6 is 15.9 Å². The van der Waals surface area contributed by atoms with Gasteiger partial charge in [-0.1, -0.05) is 22.0 Å². The highest BCUT2D eigenvalue weighted by molar-refractivity contribution is 9.10. The lowest BCUT2D eigenvalue weighted by Crippen LogP contribution is -2.57. The van der Waals surface area contributed by atoms with Crippen LogP contribution in [0.4, 0.5) is 0 Å². The molecular formula is C14H19BrN2O. The Kier molecular flexibility index (Phi) is 4.07. The van der Waals surface area contributed by atoms with E-state index in [1.54, 1.807) is 0 Å². The molecule has 0 saturated carbocycles. The molecule has 2 rings (SSSR count). The lowest BCUT2D eigenvalue weighted by atomic mass is 10.1. The summed E-state index contributed by atoms with van der Waals surface area (Å²) < 4.78 is 0.990. The summed E-state index contributed by atoms with van der Waals surface area (Å²) in [6.07, 6.45) is 0. The maximum absolute atomic E-state index is 12.6. The van der Waals surface area contributed by atoms with Gasteiger partial charge < -0.3 is 10.2 Å². The predicted molar refractivity (Wildman–Crippen MR) is 76.8 cm³/mol. The van der Waals surface area contributed by atoms with Crippen LogP contribution in [0.1, 0.15) is 29.8 Å². The van der Waals surface area contributed by atoms with Crippen molar-refractivity contribution in [2.45, 2.75) is 32.9 Å². The molecule has 18 heavy (non-hydrogen) atoms. The summed E-state index contributed by atoms with van der Waals surface area (Å²) in [5.74, 6) is 0.122. The zero-order valence-corrected chi connectivity index (χ0v) is 12.6. The average Bonchev–Trinajstić information content (AvgIpc) is 2.32. The van der Waals surface area contributed by atoms with Gasteiger partial charge in [-0.15, -0.1) is 0 Å². The summed E-state index contributed by atoms with van der Waals surface area (Å²) in [5, 5.41) is 3.34. The van der Waals surface area contributed by atoms with Gasteiger partial charge in [0.2, 0.25) is 0 Å². The van der Waals surface area contributed by atoms with E-state index >= 15 is 0 Å². The Labute approximate surface area is 117 Å². The Morgan fingerprint density at radius 1 is 1.33 bits per heavy atom. The summed E-state index contributed by atoms with van der Waals surface area (Å²) in [5.41, 5.74) is 1.90. The number of hydrogen-bond acceptors (Lipinski definition) is 2. The van der Waals surface area contributed by atoms with Crippen molar-refractivity contribution in [2.75, 3.05) is 13.1 Å². The minimum atomic E-state index is 0.122. The van der Waals surface area contributed by atoms with Crippen LogP contribution in [0.2, 0.25) is 0 Å². The van der Waals surface area contributed by atoms with Crippen molar-refractivity contribution in [1.82, 2.24) is 10.2 Å². The largest absolute Gasteiger partial charge is 0.331 e. The summed E-state index contributed by atoms with van der Waals surface area (Å²) in [7, 11) is 0. The van der Waals surface area contributed by atoms with Crippen molar-refractivity contribution >= 4 is 21.8 Å². The molecule has 1 aromatic carbocycles. The van der Waals surface area contributed by atoms with Gasteiger partial charge in [0, 0.05) is 35.2 Å². The number of nitrogens with one attached hydrogen (secondary N) is 1. The molecule has 3 nitrogen and oxygen atoms in total. The van der Waals surface area contributed by atoms with E-state index < -0.39 is 0 Å². The molecule has 98 valence electrons. The van der Waals surface area contributed by atoms with Gasteiger partial charge in [-0.25, -0.2) is 0 Å². The summed E-state index contributed by atoms with van der Waals surface area (Å²) in [6.45, 7) is 7.92. The third kappa shape index (κ3) is 2.59. The molecule has 0 spiro atoms. The van der Waals surface area contributed by atoms with E-state index in [1.807, 2.05) is 30.0 Å². The van der Waals surface area contributed by atoms with E-state index in [2.05, 4.69) is 35.1 Å². The number of carbonyl (C=O) groups is 1. The van der Waals surface area contributed by atoms with Crippen molar-refractivity contribution in [3.05, 3.63) is 33.8 Å². The highest BCUT2D eigenvalue weighted by Crippen LogP contribution is 2.21. The number of amides is 1. The van der Waals surface area contributed by atoms with E-state index in [9.17, 15) is 4.79 Å². The second kappa shape index (κ2) is 5.41. The quantitative estimate of drug-likeness (QED) is 0.864. The van der Waals surface area contributed by atoms with Crippen LogP contribution in [-0.2, 0) is 0 Å². The third-order valence-electron chi connectivity index (χ3n) is 3.48. The Morgan fingerprint density at radius 3 is 2.50 bits per heavy atom. The number of carbonyl (C=O) groups excluding carboxylic acids is 1. The second-order valence-electron chi connectivity index (χ2n) is 5.03. The molecule has 1 saturated heterocycles. The number of aryl methyl sites for hydroxylation is 1. The molecule has 1 aromatic rings. The molecule has 0 radical (unpaired) electrons. The smallest absolute Gasteiger partial charge is 0.254 e. The maximum atomic E-state index is 12.6. The van der Waals surface area contributed by atoms with Crippen LogP contribution in [0.3, 0.4) is 0 Å². The second-order valence-corrected chi connectivity index (χ2v) is 5.89. The highest BCUT2D eigenvalue weighted by atomic mass is 79.9. The Hall–Kier alpha value is -0.870. The molecule has 2 unspecified atom stereocenters. The lowest BCUT2D eigenvalue weighted by Gasteiger charge is -2.39. The molecule has 1 amide bonds. The number of rotatable bonds is 1. The third-order valence-corrected chi connectivity index (χ3v) is 4.34. The van der Waals surface area contributed by atoms with E-state index in [4.69, 9.17) is 0 Å². The molecule has 1 heterocycles. The van der Waals surface area contributed by atoms with Crippen LogP contribution in [0.25, 0.3) is 0 Å². The summed E-state index contributed by atoms with van der Waals surface area (Å²) in [6, 6.07) is 6.28. The van der Waals surface area contributed by atoms with Crippen LogP contribution in [0.5, 0.6) is 0 Å². The van der Waals surface area contributed by atoms with Gasteiger partial charge in [-0.3, -0.25) is 4.79 Å². The molecule has 0 aromatic heterocycles. The molecular weight excluding hydrogens is 292 g/mol. The standard InChI is InChI=1S/C14H19BrN2O/c1-9-4-5-12(6-13(9)15)14(18)17-10(2)7-16-8-11(17)3/h4-6,10-11,16H,7-8H2,1-3H3. The number of benzene rings is 1. The van der Waals surface area contributed by atoms with Crippen LogP contribution < -0.4 is 5.32 Å². The van der Waals surface area contributed by atoms with Gasteiger partial charge in [0.15, 0.2) is 0 Å². The van der Waals surface area contributed by atoms with Gasteiger partial charge in [-0.2, -0.15) is 0 Å². The SMILES string of the molecule is Cc1ccc(C(=O)N2C(C)CNCC2C)cc1Br. The first-order valence-electron chi connectivity index (χ1n) is 6.30. The first kappa shape index (κ1) is 13.6. The molecule has 4 heteroatoms. The number of halogens is 1. The first-order valence-corrected chi connectivity index (χ1v) is 7.09. The van der Waals surface area contributed by atoms with E-state index in [0.29, 0.717) is 0 Å². The Morgan fingerprint density at radius 2 is 1.94 bits per heavy atom. The van der Waals surface area contributed by atoms with Gasteiger partial charge in [0.05, 0.1) is 0 Å². The Balaban J connectivity index is 2.26. The van der Waals surface area contributed by atoms with Gasteiger partial charge in [-0.05, 0) is 38.5 Å². The first-order chi connectivity index (χ1) is 8.50. The zero-order chi connectivity index (χ0) is 13.3. The molecule has 1 N–H and O–H groups in total. The fourth-order valence-electron chi connectivity index (χ4n) is 2.41. The van der Waals surface area contributed by atoms with Crippen LogP contribution in [0, 0.1) is 6.92 Å². The lowest BCUT2D eigenvalue weighted by molar-refractivity contribution is 0.0544. The van der Waals surface area contributed by atoms with E-state index in [0.717, 1.165) is 28.7 Å².